The van der Waals surface area contributed by atoms with Gasteiger partial charge in [-0.15, -0.1) is 0 Å². The first-order valence-electron chi connectivity index (χ1n) is 5.73. The lowest BCUT2D eigenvalue weighted by molar-refractivity contribution is 0.738. The van der Waals surface area contributed by atoms with Crippen molar-refractivity contribution >= 4 is 22.6 Å². The molecule has 0 saturated heterocycles. The average molecular weight is 238 g/mol. The Bertz CT molecular complexity index is 397. The van der Waals surface area contributed by atoms with E-state index in [9.17, 15) is 0 Å². The van der Waals surface area contributed by atoms with Gasteiger partial charge in [0.2, 0.25) is 0 Å². The molecule has 2 heterocycles. The second-order valence-corrected chi connectivity index (χ2v) is 4.96. The summed E-state index contributed by atoms with van der Waals surface area (Å²) in [4.78, 5) is 4.62. The molecule has 5 heteroatoms. The van der Waals surface area contributed by atoms with E-state index in [1.54, 1.807) is 11.8 Å². The molecule has 1 unspecified atom stereocenters. The maximum Gasteiger partial charge on any atom is 0.161 e. The monoisotopic (exact) mass is 238 g/mol. The number of aliphatic imine (C=N–C) groups is 1. The van der Waals surface area contributed by atoms with Crippen molar-refractivity contribution in [2.75, 3.05) is 11.1 Å². The Morgan fingerprint density at radius 2 is 2.38 bits per heavy atom. The van der Waals surface area contributed by atoms with Crippen LogP contribution in [0.5, 0.6) is 0 Å². The molecular weight excluding hydrogens is 220 g/mol. The summed E-state index contributed by atoms with van der Waals surface area (Å²) < 4.78 is 1.85. The molecule has 0 saturated carbocycles. The van der Waals surface area contributed by atoms with Gasteiger partial charge in [-0.25, -0.2) is 0 Å². The normalized spacial score (nSPS) is 19.9. The summed E-state index contributed by atoms with van der Waals surface area (Å²) in [5.74, 6) is 1.10. The number of rotatable bonds is 3. The number of hydrogen-bond donors (Lipinski definition) is 1. The number of aromatic nitrogens is 2. The van der Waals surface area contributed by atoms with E-state index in [0.717, 1.165) is 35.1 Å². The van der Waals surface area contributed by atoms with Crippen LogP contribution in [0.4, 0.5) is 5.69 Å². The number of thioether (sulfide) groups is 1. The average Bonchev–Trinajstić information content (AvgIpc) is 2.85. The third-order valence-electron chi connectivity index (χ3n) is 2.67. The standard InChI is InChI=1S/C11H18N4S/c1-4-8-7-16-11(12-8)13-10-6-15(3)14-9(10)5-2/h6,8H,4-5,7H2,1-3H3,(H,12,13). The Hall–Kier alpha value is -0.970. The van der Waals surface area contributed by atoms with E-state index in [4.69, 9.17) is 0 Å². The highest BCUT2D eigenvalue weighted by Gasteiger charge is 2.17. The SMILES string of the molecule is CCc1nn(C)cc1NC1=NC(CC)CS1. The van der Waals surface area contributed by atoms with Gasteiger partial charge >= 0.3 is 0 Å². The predicted molar refractivity (Wildman–Crippen MR) is 70.2 cm³/mol. The van der Waals surface area contributed by atoms with Crippen LogP contribution in [0.15, 0.2) is 11.2 Å². The molecule has 0 spiro atoms. The smallest absolute Gasteiger partial charge is 0.161 e. The first kappa shape index (κ1) is 11.5. The molecule has 1 aromatic heterocycles. The van der Waals surface area contributed by atoms with E-state index in [1.165, 1.54) is 0 Å². The number of anilines is 1. The van der Waals surface area contributed by atoms with Crippen molar-refractivity contribution in [1.82, 2.24) is 9.78 Å². The van der Waals surface area contributed by atoms with Crippen molar-refractivity contribution < 1.29 is 0 Å². The molecule has 0 fully saturated rings. The first-order valence-corrected chi connectivity index (χ1v) is 6.71. The van der Waals surface area contributed by atoms with Crippen molar-refractivity contribution in [2.24, 2.45) is 12.0 Å². The molecule has 1 aliphatic rings. The van der Waals surface area contributed by atoms with Crippen molar-refractivity contribution in [3.8, 4) is 0 Å². The molecule has 1 N–H and O–H groups in total. The number of nitrogens with zero attached hydrogens (tertiary/aromatic N) is 3. The first-order chi connectivity index (χ1) is 7.72. The van der Waals surface area contributed by atoms with Gasteiger partial charge in [-0.1, -0.05) is 25.6 Å². The second kappa shape index (κ2) is 4.91. The Balaban J connectivity index is 2.09. The molecule has 1 atom stereocenters. The summed E-state index contributed by atoms with van der Waals surface area (Å²) in [5, 5.41) is 8.81. The van der Waals surface area contributed by atoms with Gasteiger partial charge in [-0.05, 0) is 12.8 Å². The molecule has 0 aromatic carbocycles. The van der Waals surface area contributed by atoms with Crippen LogP contribution in [0.2, 0.25) is 0 Å². The van der Waals surface area contributed by atoms with Gasteiger partial charge in [0.1, 0.15) is 0 Å². The number of amidine groups is 1. The van der Waals surface area contributed by atoms with Crippen LogP contribution in [0.3, 0.4) is 0 Å². The fourth-order valence-electron chi connectivity index (χ4n) is 1.71. The molecule has 0 aliphatic carbocycles. The maximum atomic E-state index is 4.62. The number of hydrogen-bond acceptors (Lipinski definition) is 4. The number of aryl methyl sites for hydroxylation is 2. The maximum absolute atomic E-state index is 4.62. The summed E-state index contributed by atoms with van der Waals surface area (Å²) in [7, 11) is 1.95. The lowest BCUT2D eigenvalue weighted by Crippen LogP contribution is -2.06. The van der Waals surface area contributed by atoms with E-state index in [0.29, 0.717) is 6.04 Å². The van der Waals surface area contributed by atoms with Crippen molar-refractivity contribution in [1.29, 1.82) is 0 Å². The quantitative estimate of drug-likeness (QED) is 0.878. The summed E-state index contributed by atoms with van der Waals surface area (Å²) in [6, 6.07) is 0.481. The van der Waals surface area contributed by atoms with Crippen LogP contribution in [0, 0.1) is 0 Å². The van der Waals surface area contributed by atoms with Crippen LogP contribution in [0.25, 0.3) is 0 Å². The van der Waals surface area contributed by atoms with Gasteiger partial charge in [0.15, 0.2) is 5.17 Å². The molecule has 2 rings (SSSR count). The highest BCUT2D eigenvalue weighted by Crippen LogP contribution is 2.23. The van der Waals surface area contributed by atoms with E-state index in [-0.39, 0.29) is 0 Å². The van der Waals surface area contributed by atoms with E-state index >= 15 is 0 Å². The molecule has 16 heavy (non-hydrogen) atoms. The molecule has 0 radical (unpaired) electrons. The van der Waals surface area contributed by atoms with Crippen LogP contribution in [-0.2, 0) is 13.5 Å². The van der Waals surface area contributed by atoms with Crippen LogP contribution >= 0.6 is 11.8 Å². The molecule has 0 amide bonds. The zero-order chi connectivity index (χ0) is 11.5. The van der Waals surface area contributed by atoms with E-state index in [1.807, 2.05) is 17.9 Å². The summed E-state index contributed by atoms with van der Waals surface area (Å²) in [6.45, 7) is 4.30. The largest absolute Gasteiger partial charge is 0.332 e. The van der Waals surface area contributed by atoms with Gasteiger partial charge in [0.05, 0.1) is 17.4 Å². The third kappa shape index (κ3) is 2.40. The molecule has 4 nitrogen and oxygen atoms in total. The Kier molecular flexibility index (Phi) is 3.53. The van der Waals surface area contributed by atoms with Gasteiger partial charge in [-0.2, -0.15) is 5.10 Å². The minimum absolute atomic E-state index is 0.481. The van der Waals surface area contributed by atoms with Crippen molar-refractivity contribution in [3.63, 3.8) is 0 Å². The zero-order valence-corrected chi connectivity index (χ0v) is 10.8. The third-order valence-corrected chi connectivity index (χ3v) is 3.70. The molecule has 1 aliphatic heterocycles. The van der Waals surface area contributed by atoms with Crippen molar-refractivity contribution in [3.05, 3.63) is 11.9 Å². The van der Waals surface area contributed by atoms with Crippen LogP contribution < -0.4 is 5.32 Å². The van der Waals surface area contributed by atoms with Crippen LogP contribution in [0.1, 0.15) is 26.0 Å². The topological polar surface area (TPSA) is 42.2 Å². The summed E-state index contributed by atoms with van der Waals surface area (Å²) in [5.41, 5.74) is 2.19. The highest BCUT2D eigenvalue weighted by molar-refractivity contribution is 8.14. The molecule has 0 bridgehead atoms. The van der Waals surface area contributed by atoms with Gasteiger partial charge in [0, 0.05) is 19.0 Å². The molecule has 1 aromatic rings. The lowest BCUT2D eigenvalue weighted by atomic mass is 10.3. The lowest BCUT2D eigenvalue weighted by Gasteiger charge is -2.02. The Morgan fingerprint density at radius 1 is 1.56 bits per heavy atom. The summed E-state index contributed by atoms with van der Waals surface area (Å²) >= 11 is 1.80. The zero-order valence-electron chi connectivity index (χ0n) is 10.0. The second-order valence-electron chi connectivity index (χ2n) is 3.95. The predicted octanol–water partition coefficient (Wildman–Crippen LogP) is 2.28. The Labute approximate surface area is 101 Å². The van der Waals surface area contributed by atoms with Crippen molar-refractivity contribution in [2.45, 2.75) is 32.7 Å². The number of nitrogens with one attached hydrogen (secondary N) is 1. The molecule has 88 valence electrons. The van der Waals surface area contributed by atoms with E-state index < -0.39 is 0 Å². The van der Waals surface area contributed by atoms with E-state index in [2.05, 4.69) is 29.3 Å². The fourth-order valence-corrected chi connectivity index (χ4v) is 2.77. The minimum atomic E-state index is 0.481. The fraction of sp³-hybridized carbons (Fsp3) is 0.636. The summed E-state index contributed by atoms with van der Waals surface area (Å²) in [6.07, 6.45) is 4.07. The van der Waals surface area contributed by atoms with Gasteiger partial charge in [-0.3, -0.25) is 9.67 Å². The van der Waals surface area contributed by atoms with Gasteiger partial charge in [0.25, 0.3) is 0 Å². The minimum Gasteiger partial charge on any atom is -0.332 e. The molecular formula is C11H18N4S. The highest BCUT2D eigenvalue weighted by atomic mass is 32.2. The van der Waals surface area contributed by atoms with Crippen LogP contribution in [-0.4, -0.2) is 26.7 Å². The van der Waals surface area contributed by atoms with Gasteiger partial charge < -0.3 is 5.32 Å². The Morgan fingerprint density at radius 3 is 3.00 bits per heavy atom.